The predicted octanol–water partition coefficient (Wildman–Crippen LogP) is 3.81. The number of hydrogen-bond acceptors (Lipinski definition) is 2. The van der Waals surface area contributed by atoms with E-state index in [1.807, 2.05) is 0 Å². The van der Waals surface area contributed by atoms with Gasteiger partial charge in [0.1, 0.15) is 17.1 Å². The second kappa shape index (κ2) is 6.33. The van der Waals surface area contributed by atoms with Crippen molar-refractivity contribution in [2.45, 2.75) is 0 Å². The van der Waals surface area contributed by atoms with Crippen LogP contribution in [0.15, 0.2) is 48.5 Å². The number of amides is 1. The molecule has 0 aliphatic heterocycles. The Morgan fingerprint density at radius 1 is 1.16 bits per heavy atom. The van der Waals surface area contributed by atoms with E-state index in [1.54, 1.807) is 24.3 Å². The molecule has 0 aromatic heterocycles. The quantitative estimate of drug-likeness (QED) is 0.869. The summed E-state index contributed by atoms with van der Waals surface area (Å²) in [6.45, 7) is 0. The summed E-state index contributed by atoms with van der Waals surface area (Å²) in [4.78, 5) is 12.1. The van der Waals surface area contributed by atoms with E-state index in [4.69, 9.17) is 4.74 Å². The molecule has 0 radical (unpaired) electrons. The first-order valence-electron chi connectivity index (χ1n) is 5.55. The van der Waals surface area contributed by atoms with Crippen LogP contribution in [0.2, 0.25) is 0 Å². The molecule has 2 rings (SSSR count). The fourth-order valence-electron chi connectivity index (χ4n) is 1.57. The van der Waals surface area contributed by atoms with Crippen molar-refractivity contribution >= 4 is 27.5 Å². The molecule has 0 saturated heterocycles. The summed E-state index contributed by atoms with van der Waals surface area (Å²) >= 11 is 3.15. The Balaban J connectivity index is 2.18. The Morgan fingerprint density at radius 2 is 1.84 bits per heavy atom. The molecule has 0 fully saturated rings. The lowest BCUT2D eigenvalue weighted by molar-refractivity contribution is 0.102. The number of halogens is 2. The van der Waals surface area contributed by atoms with Crippen molar-refractivity contribution in [2.24, 2.45) is 0 Å². The normalized spacial score (nSPS) is 10.0. The van der Waals surface area contributed by atoms with E-state index in [2.05, 4.69) is 21.2 Å². The van der Waals surface area contributed by atoms with Crippen LogP contribution in [0.1, 0.15) is 10.4 Å². The summed E-state index contributed by atoms with van der Waals surface area (Å²) in [7, 11) is 0. The van der Waals surface area contributed by atoms with Gasteiger partial charge in [-0.2, -0.15) is 0 Å². The molecule has 98 valence electrons. The lowest BCUT2D eigenvalue weighted by atomic mass is 10.2. The number of para-hydroxylation sites is 1. The molecule has 19 heavy (non-hydrogen) atoms. The summed E-state index contributed by atoms with van der Waals surface area (Å²) in [6, 6.07) is 12.5. The minimum Gasteiger partial charge on any atom is -0.482 e. The number of rotatable bonds is 4. The molecule has 1 N–H and O–H groups in total. The van der Waals surface area contributed by atoms with E-state index in [0.29, 0.717) is 22.5 Å². The number of carbonyl (C=O) groups excluding carboxylic acids is 1. The second-order valence-corrected chi connectivity index (χ2v) is 4.17. The van der Waals surface area contributed by atoms with Gasteiger partial charge >= 0.3 is 0 Å². The maximum Gasteiger partial charge on any atom is 0.259 e. The highest BCUT2D eigenvalue weighted by atomic mass is 79.9. The molecule has 2 aromatic rings. The van der Waals surface area contributed by atoms with Gasteiger partial charge in [0.05, 0.1) is 5.56 Å². The van der Waals surface area contributed by atoms with Gasteiger partial charge in [0.15, 0.2) is 0 Å². The summed E-state index contributed by atoms with van der Waals surface area (Å²) in [6.07, 6.45) is 0. The molecule has 0 bridgehead atoms. The smallest absolute Gasteiger partial charge is 0.259 e. The van der Waals surface area contributed by atoms with Crippen molar-refractivity contribution in [1.82, 2.24) is 0 Å². The van der Waals surface area contributed by atoms with Crippen LogP contribution in [0.4, 0.5) is 10.1 Å². The number of anilines is 1. The summed E-state index contributed by atoms with van der Waals surface area (Å²) in [5, 5.41) is 2.68. The average Bonchev–Trinajstić information content (AvgIpc) is 2.42. The molecule has 0 aliphatic carbocycles. The van der Waals surface area contributed by atoms with Crippen molar-refractivity contribution in [1.29, 1.82) is 0 Å². The van der Waals surface area contributed by atoms with Crippen molar-refractivity contribution < 1.29 is 13.9 Å². The van der Waals surface area contributed by atoms with Crippen LogP contribution in [-0.4, -0.2) is 11.4 Å². The highest BCUT2D eigenvalue weighted by molar-refractivity contribution is 9.09. The molecule has 0 saturated carbocycles. The minimum atomic E-state index is -0.346. The molecular weight excluding hydrogens is 313 g/mol. The van der Waals surface area contributed by atoms with E-state index in [0.717, 1.165) is 0 Å². The van der Waals surface area contributed by atoms with E-state index >= 15 is 0 Å². The standard InChI is InChI=1S/C14H11BrFNO2/c15-9-19-13-4-2-1-3-12(13)14(18)17-11-7-5-10(16)6-8-11/h1-8H,9H2,(H,17,18). The minimum absolute atomic E-state index is 0.299. The summed E-state index contributed by atoms with van der Waals surface area (Å²) in [5.74, 6) is -0.164. The Hall–Kier alpha value is -1.88. The number of alkyl halides is 1. The lowest BCUT2D eigenvalue weighted by Crippen LogP contribution is -2.13. The van der Waals surface area contributed by atoms with Crippen LogP contribution in [0, 0.1) is 5.82 Å². The van der Waals surface area contributed by atoms with Gasteiger partial charge < -0.3 is 10.1 Å². The summed E-state index contributed by atoms with van der Waals surface area (Å²) in [5.41, 5.74) is 1.25. The second-order valence-electron chi connectivity index (χ2n) is 3.71. The fraction of sp³-hybridized carbons (Fsp3) is 0.0714. The van der Waals surface area contributed by atoms with E-state index < -0.39 is 0 Å². The van der Waals surface area contributed by atoms with E-state index in [1.165, 1.54) is 24.3 Å². The third-order valence-electron chi connectivity index (χ3n) is 2.44. The molecular formula is C14H11BrFNO2. The topological polar surface area (TPSA) is 38.3 Å². The van der Waals surface area contributed by atoms with Gasteiger partial charge in [-0.1, -0.05) is 12.1 Å². The van der Waals surface area contributed by atoms with Crippen molar-refractivity contribution in [3.63, 3.8) is 0 Å². The van der Waals surface area contributed by atoms with Crippen molar-refractivity contribution in [2.75, 3.05) is 10.8 Å². The highest BCUT2D eigenvalue weighted by Gasteiger charge is 2.11. The molecule has 1 amide bonds. The Labute approximate surface area is 118 Å². The maximum atomic E-state index is 12.8. The van der Waals surface area contributed by atoms with Crippen LogP contribution in [0.25, 0.3) is 0 Å². The van der Waals surface area contributed by atoms with E-state index in [9.17, 15) is 9.18 Å². The van der Waals surface area contributed by atoms with Crippen LogP contribution in [0.3, 0.4) is 0 Å². The van der Waals surface area contributed by atoms with E-state index in [-0.39, 0.29) is 11.7 Å². The van der Waals surface area contributed by atoms with Crippen molar-refractivity contribution in [3.05, 3.63) is 59.9 Å². The maximum absolute atomic E-state index is 12.8. The zero-order valence-corrected chi connectivity index (χ0v) is 11.5. The molecule has 0 aliphatic rings. The zero-order valence-electron chi connectivity index (χ0n) is 9.90. The van der Waals surface area contributed by atoms with Crippen LogP contribution in [0.5, 0.6) is 5.75 Å². The van der Waals surface area contributed by atoms with Crippen LogP contribution < -0.4 is 10.1 Å². The molecule has 5 heteroatoms. The zero-order chi connectivity index (χ0) is 13.7. The third-order valence-corrected chi connectivity index (χ3v) is 2.67. The Bertz CT molecular complexity index is 572. The molecule has 0 unspecified atom stereocenters. The first kappa shape index (κ1) is 13.5. The molecule has 2 aromatic carbocycles. The largest absolute Gasteiger partial charge is 0.482 e. The van der Waals surface area contributed by atoms with Gasteiger partial charge in [-0.3, -0.25) is 4.79 Å². The van der Waals surface area contributed by atoms with Gasteiger partial charge in [0.2, 0.25) is 0 Å². The molecule has 0 heterocycles. The molecule has 0 spiro atoms. The number of benzene rings is 2. The number of carbonyl (C=O) groups is 1. The Morgan fingerprint density at radius 3 is 2.53 bits per heavy atom. The third kappa shape index (κ3) is 3.54. The highest BCUT2D eigenvalue weighted by Crippen LogP contribution is 2.20. The molecule has 0 atom stereocenters. The van der Waals surface area contributed by atoms with Gasteiger partial charge in [-0.15, -0.1) is 0 Å². The average molecular weight is 324 g/mol. The van der Waals surface area contributed by atoms with Crippen LogP contribution >= 0.6 is 15.9 Å². The first-order chi connectivity index (χ1) is 9.20. The number of hydrogen-bond donors (Lipinski definition) is 1. The number of nitrogens with one attached hydrogen (secondary N) is 1. The lowest BCUT2D eigenvalue weighted by Gasteiger charge is -2.09. The monoisotopic (exact) mass is 323 g/mol. The first-order valence-corrected chi connectivity index (χ1v) is 6.67. The van der Waals surface area contributed by atoms with Gasteiger partial charge in [-0.05, 0) is 52.3 Å². The number of ether oxygens (including phenoxy) is 1. The SMILES string of the molecule is O=C(Nc1ccc(F)cc1)c1ccccc1OCBr. The predicted molar refractivity (Wildman–Crippen MR) is 75.2 cm³/mol. The van der Waals surface area contributed by atoms with Gasteiger partial charge in [0, 0.05) is 5.69 Å². The molecule has 3 nitrogen and oxygen atoms in total. The van der Waals surface area contributed by atoms with Crippen molar-refractivity contribution in [3.8, 4) is 5.75 Å². The van der Waals surface area contributed by atoms with Gasteiger partial charge in [-0.25, -0.2) is 4.39 Å². The van der Waals surface area contributed by atoms with Gasteiger partial charge in [0.25, 0.3) is 5.91 Å². The van der Waals surface area contributed by atoms with Crippen LogP contribution in [-0.2, 0) is 0 Å². The Kier molecular flexibility index (Phi) is 4.52. The summed E-state index contributed by atoms with van der Waals surface area (Å²) < 4.78 is 18.1. The fourth-order valence-corrected chi connectivity index (χ4v) is 1.82.